The maximum absolute atomic E-state index is 10.9. The van der Waals surface area contributed by atoms with Crippen molar-refractivity contribution in [3.63, 3.8) is 0 Å². The van der Waals surface area contributed by atoms with Crippen LogP contribution < -0.4 is 5.73 Å². The molecular weight excluding hydrogens is 250 g/mol. The molecule has 3 N–H and O–H groups in total. The predicted octanol–water partition coefficient (Wildman–Crippen LogP) is 4.20. The van der Waals surface area contributed by atoms with E-state index in [1.54, 1.807) is 12.1 Å². The fraction of sp³-hybridized carbons (Fsp3) is 0.353. The molecule has 20 heavy (non-hydrogen) atoms. The first-order valence-electron chi connectivity index (χ1n) is 6.81. The zero-order chi connectivity index (χ0) is 15.1. The summed E-state index contributed by atoms with van der Waals surface area (Å²) < 4.78 is 0. The lowest BCUT2D eigenvalue weighted by Crippen LogP contribution is -2.00. The molecule has 0 saturated carbocycles. The Balaban J connectivity index is 2.70. The number of rotatable bonds is 6. The molecule has 0 bridgehead atoms. The summed E-state index contributed by atoms with van der Waals surface area (Å²) in [7, 11) is 0. The average Bonchev–Trinajstić information content (AvgIpc) is 2.37. The molecule has 1 aromatic rings. The van der Waals surface area contributed by atoms with E-state index in [4.69, 9.17) is 10.8 Å². The summed E-state index contributed by atoms with van der Waals surface area (Å²) in [6.45, 7) is 6.28. The van der Waals surface area contributed by atoms with Crippen LogP contribution in [-0.2, 0) is 6.42 Å². The molecule has 0 atom stereocenters. The van der Waals surface area contributed by atoms with Crippen molar-refractivity contribution in [3.8, 4) is 0 Å². The van der Waals surface area contributed by atoms with Crippen LogP contribution in [0.4, 0.5) is 5.69 Å². The van der Waals surface area contributed by atoms with Crippen LogP contribution in [0.5, 0.6) is 0 Å². The molecule has 0 aliphatic carbocycles. The predicted molar refractivity (Wildman–Crippen MR) is 83.9 cm³/mol. The highest BCUT2D eigenvalue weighted by Gasteiger charge is 2.05. The van der Waals surface area contributed by atoms with E-state index in [1.807, 2.05) is 0 Å². The van der Waals surface area contributed by atoms with E-state index in [-0.39, 0.29) is 5.56 Å². The fourth-order valence-corrected chi connectivity index (χ4v) is 1.89. The molecule has 0 aliphatic heterocycles. The Morgan fingerprint density at radius 3 is 2.55 bits per heavy atom. The minimum atomic E-state index is -0.921. The van der Waals surface area contributed by atoms with Gasteiger partial charge in [-0.3, -0.25) is 0 Å². The summed E-state index contributed by atoms with van der Waals surface area (Å²) in [6.07, 6.45) is 7.07. The molecule has 0 spiro atoms. The van der Waals surface area contributed by atoms with Crippen molar-refractivity contribution < 1.29 is 9.90 Å². The van der Waals surface area contributed by atoms with Gasteiger partial charge in [0, 0.05) is 5.69 Å². The second-order valence-corrected chi connectivity index (χ2v) is 5.29. The highest BCUT2D eigenvalue weighted by Crippen LogP contribution is 2.17. The Kier molecular flexibility index (Phi) is 6.04. The summed E-state index contributed by atoms with van der Waals surface area (Å²) in [4.78, 5) is 10.9. The van der Waals surface area contributed by atoms with Gasteiger partial charge in [0.2, 0.25) is 0 Å². The monoisotopic (exact) mass is 273 g/mol. The highest BCUT2D eigenvalue weighted by atomic mass is 16.4. The minimum Gasteiger partial charge on any atom is -0.478 e. The van der Waals surface area contributed by atoms with Gasteiger partial charge in [0.1, 0.15) is 0 Å². The van der Waals surface area contributed by atoms with Gasteiger partial charge in [0.15, 0.2) is 0 Å². The number of nitrogens with two attached hydrogens (primary N) is 1. The van der Waals surface area contributed by atoms with E-state index < -0.39 is 5.97 Å². The SMILES string of the molecule is CC(C)=CCCC(C)=CCc1cc(C(=O)O)ccc1N. The molecule has 1 rings (SSSR count). The molecule has 3 nitrogen and oxygen atoms in total. The smallest absolute Gasteiger partial charge is 0.335 e. The van der Waals surface area contributed by atoms with Gasteiger partial charge in [-0.2, -0.15) is 0 Å². The first kappa shape index (κ1) is 16.0. The van der Waals surface area contributed by atoms with Crippen molar-refractivity contribution in [2.24, 2.45) is 0 Å². The molecule has 0 aliphatic rings. The third-order valence-electron chi connectivity index (χ3n) is 3.15. The summed E-state index contributed by atoms with van der Waals surface area (Å²) in [5, 5.41) is 8.98. The molecular formula is C17H23NO2. The first-order valence-corrected chi connectivity index (χ1v) is 6.81. The molecule has 3 heteroatoms. The van der Waals surface area contributed by atoms with Crippen LogP contribution in [-0.4, -0.2) is 11.1 Å². The Bertz CT molecular complexity index is 538. The standard InChI is InChI=1S/C17H23NO2/c1-12(2)5-4-6-13(3)7-8-14-11-15(17(19)20)9-10-16(14)18/h5,7,9-11H,4,6,8,18H2,1-3H3,(H,19,20). The minimum absolute atomic E-state index is 0.282. The number of aromatic carboxylic acids is 1. The summed E-state index contributed by atoms with van der Waals surface area (Å²) >= 11 is 0. The van der Waals surface area contributed by atoms with Crippen LogP contribution in [0.3, 0.4) is 0 Å². The second kappa shape index (κ2) is 7.53. The van der Waals surface area contributed by atoms with E-state index in [1.165, 1.54) is 17.2 Å². The fourth-order valence-electron chi connectivity index (χ4n) is 1.89. The van der Waals surface area contributed by atoms with Gasteiger partial charge in [-0.1, -0.05) is 23.3 Å². The van der Waals surface area contributed by atoms with E-state index >= 15 is 0 Å². The Morgan fingerprint density at radius 1 is 1.25 bits per heavy atom. The number of hydrogen-bond donors (Lipinski definition) is 2. The zero-order valence-electron chi connectivity index (χ0n) is 12.4. The molecule has 0 amide bonds. The molecule has 0 radical (unpaired) electrons. The van der Waals surface area contributed by atoms with Gasteiger partial charge >= 0.3 is 5.97 Å². The molecule has 0 aromatic heterocycles. The molecule has 0 heterocycles. The number of carboxylic acids is 1. The third-order valence-corrected chi connectivity index (χ3v) is 3.15. The van der Waals surface area contributed by atoms with Crippen molar-refractivity contribution in [2.45, 2.75) is 40.0 Å². The van der Waals surface area contributed by atoms with Gasteiger partial charge in [-0.05, 0) is 63.8 Å². The van der Waals surface area contributed by atoms with Gasteiger partial charge in [-0.25, -0.2) is 4.79 Å². The van der Waals surface area contributed by atoms with Crippen LogP contribution >= 0.6 is 0 Å². The topological polar surface area (TPSA) is 63.3 Å². The van der Waals surface area contributed by atoms with E-state index in [0.29, 0.717) is 12.1 Å². The number of nitrogen functional groups attached to an aromatic ring is 1. The maximum atomic E-state index is 10.9. The van der Waals surface area contributed by atoms with Crippen molar-refractivity contribution >= 4 is 11.7 Å². The average molecular weight is 273 g/mol. The number of anilines is 1. The Labute approximate surface area is 120 Å². The van der Waals surface area contributed by atoms with E-state index in [0.717, 1.165) is 18.4 Å². The number of benzene rings is 1. The summed E-state index contributed by atoms with van der Waals surface area (Å²) in [5.74, 6) is -0.921. The maximum Gasteiger partial charge on any atom is 0.335 e. The largest absolute Gasteiger partial charge is 0.478 e. The van der Waals surface area contributed by atoms with Crippen LogP contribution in [0.2, 0.25) is 0 Å². The highest BCUT2D eigenvalue weighted by molar-refractivity contribution is 5.88. The van der Waals surface area contributed by atoms with E-state index in [2.05, 4.69) is 32.9 Å². The van der Waals surface area contributed by atoms with Gasteiger partial charge in [-0.15, -0.1) is 0 Å². The lowest BCUT2D eigenvalue weighted by molar-refractivity contribution is 0.0697. The Hall–Kier alpha value is -2.03. The van der Waals surface area contributed by atoms with Gasteiger partial charge < -0.3 is 10.8 Å². The van der Waals surface area contributed by atoms with Gasteiger partial charge in [0.25, 0.3) is 0 Å². The van der Waals surface area contributed by atoms with Crippen molar-refractivity contribution in [1.82, 2.24) is 0 Å². The molecule has 1 aromatic carbocycles. The lowest BCUT2D eigenvalue weighted by atomic mass is 10.0. The van der Waals surface area contributed by atoms with Crippen LogP contribution in [0.15, 0.2) is 41.5 Å². The number of hydrogen-bond acceptors (Lipinski definition) is 2. The first-order chi connectivity index (χ1) is 9.40. The Morgan fingerprint density at radius 2 is 1.95 bits per heavy atom. The van der Waals surface area contributed by atoms with Crippen molar-refractivity contribution in [1.29, 1.82) is 0 Å². The number of carboxylic acid groups (broad SMARTS) is 1. The van der Waals surface area contributed by atoms with Gasteiger partial charge in [0.05, 0.1) is 5.56 Å². The normalized spacial score (nSPS) is 11.2. The second-order valence-electron chi connectivity index (χ2n) is 5.29. The van der Waals surface area contributed by atoms with Crippen LogP contribution in [0.1, 0.15) is 49.5 Å². The molecule has 0 fully saturated rings. The zero-order valence-corrected chi connectivity index (χ0v) is 12.4. The molecule has 0 saturated heterocycles. The van der Waals surface area contributed by atoms with Crippen LogP contribution in [0.25, 0.3) is 0 Å². The quantitative estimate of drug-likeness (QED) is 0.603. The number of allylic oxidation sites excluding steroid dienone is 4. The third kappa shape index (κ3) is 5.31. The summed E-state index contributed by atoms with van der Waals surface area (Å²) in [6, 6.07) is 4.84. The summed E-state index contributed by atoms with van der Waals surface area (Å²) in [5.41, 5.74) is 10.3. The van der Waals surface area contributed by atoms with Crippen molar-refractivity contribution in [3.05, 3.63) is 52.6 Å². The molecule has 0 unspecified atom stereocenters. The molecule has 108 valence electrons. The lowest BCUT2D eigenvalue weighted by Gasteiger charge is -2.05. The van der Waals surface area contributed by atoms with Crippen LogP contribution in [0, 0.1) is 0 Å². The van der Waals surface area contributed by atoms with Crippen molar-refractivity contribution in [2.75, 3.05) is 5.73 Å². The number of carbonyl (C=O) groups is 1. The van der Waals surface area contributed by atoms with E-state index in [9.17, 15) is 4.79 Å².